The molecule has 1 aromatic rings. The zero-order valence-corrected chi connectivity index (χ0v) is 10.8. The molecule has 1 N–H and O–H groups in total. The van der Waals surface area contributed by atoms with Crippen molar-refractivity contribution >= 4 is 26.0 Å². The van der Waals surface area contributed by atoms with Gasteiger partial charge in [0.2, 0.25) is 10.0 Å². The fourth-order valence-electron chi connectivity index (χ4n) is 1.02. The van der Waals surface area contributed by atoms with Gasteiger partial charge < -0.3 is 0 Å². The first-order chi connectivity index (χ1) is 7.36. The average Bonchev–Trinajstić information content (AvgIpc) is 2.16. The molecule has 3 nitrogen and oxygen atoms in total. The smallest absolute Gasteiger partial charge is 0.207 e. The van der Waals surface area contributed by atoms with Crippen molar-refractivity contribution in [2.75, 3.05) is 0 Å². The van der Waals surface area contributed by atoms with E-state index in [-0.39, 0.29) is 9.37 Å². The fraction of sp³-hybridized carbons (Fsp3) is 0.200. The third-order valence-electron chi connectivity index (χ3n) is 1.77. The van der Waals surface area contributed by atoms with E-state index >= 15 is 0 Å². The third-order valence-corrected chi connectivity index (χ3v) is 4.28. The first kappa shape index (κ1) is 13.2. The summed E-state index contributed by atoms with van der Waals surface area (Å²) in [5, 5.41) is 0. The molecular formula is C10H9BrFNO2S. The topological polar surface area (TPSA) is 46.2 Å². The highest BCUT2D eigenvalue weighted by Crippen LogP contribution is 2.22. The Morgan fingerprint density at radius 2 is 2.19 bits per heavy atom. The Morgan fingerprint density at radius 1 is 1.56 bits per heavy atom. The summed E-state index contributed by atoms with van der Waals surface area (Å²) in [6, 6.07) is 2.70. The molecule has 0 aliphatic carbocycles. The van der Waals surface area contributed by atoms with Crippen molar-refractivity contribution in [3.63, 3.8) is 0 Å². The van der Waals surface area contributed by atoms with Gasteiger partial charge in [-0.3, -0.25) is 0 Å². The van der Waals surface area contributed by atoms with E-state index < -0.39 is 21.9 Å². The van der Waals surface area contributed by atoms with E-state index in [4.69, 9.17) is 6.42 Å². The Labute approximate surface area is 102 Å². The van der Waals surface area contributed by atoms with E-state index in [9.17, 15) is 12.8 Å². The number of terminal acetylenes is 1. The van der Waals surface area contributed by atoms with Crippen LogP contribution in [0.15, 0.2) is 27.6 Å². The lowest BCUT2D eigenvalue weighted by atomic mass is 10.3. The zero-order valence-electron chi connectivity index (χ0n) is 8.37. The summed E-state index contributed by atoms with van der Waals surface area (Å²) in [7, 11) is -3.73. The van der Waals surface area contributed by atoms with Gasteiger partial charge in [-0.15, -0.1) is 6.42 Å². The van der Waals surface area contributed by atoms with Crippen LogP contribution in [-0.2, 0) is 10.0 Å². The molecule has 0 bridgehead atoms. The van der Waals surface area contributed by atoms with Crippen LogP contribution in [-0.4, -0.2) is 14.5 Å². The van der Waals surface area contributed by atoms with Crippen LogP contribution >= 0.6 is 15.9 Å². The van der Waals surface area contributed by atoms with Crippen LogP contribution in [0, 0.1) is 18.2 Å². The first-order valence-electron chi connectivity index (χ1n) is 4.30. The van der Waals surface area contributed by atoms with Crippen molar-refractivity contribution in [3.8, 4) is 12.3 Å². The maximum atomic E-state index is 12.8. The van der Waals surface area contributed by atoms with E-state index in [0.717, 1.165) is 12.1 Å². The highest BCUT2D eigenvalue weighted by molar-refractivity contribution is 9.10. The summed E-state index contributed by atoms with van der Waals surface area (Å²) < 4.78 is 38.8. The van der Waals surface area contributed by atoms with Gasteiger partial charge in [-0.2, -0.15) is 4.72 Å². The quantitative estimate of drug-likeness (QED) is 0.867. The number of halogens is 2. The van der Waals surface area contributed by atoms with Crippen molar-refractivity contribution in [1.29, 1.82) is 0 Å². The van der Waals surface area contributed by atoms with E-state index in [0.29, 0.717) is 0 Å². The molecule has 0 amide bonds. The van der Waals surface area contributed by atoms with Crippen LogP contribution in [0.2, 0.25) is 0 Å². The van der Waals surface area contributed by atoms with E-state index in [1.54, 1.807) is 0 Å². The van der Waals surface area contributed by atoms with E-state index in [2.05, 4.69) is 26.6 Å². The molecule has 0 fully saturated rings. The minimum absolute atomic E-state index is 0.0454. The Morgan fingerprint density at radius 3 is 2.69 bits per heavy atom. The number of benzene rings is 1. The van der Waals surface area contributed by atoms with Crippen LogP contribution in [0.25, 0.3) is 0 Å². The summed E-state index contributed by atoms with van der Waals surface area (Å²) in [5.41, 5.74) is 0. The van der Waals surface area contributed by atoms with Crippen LogP contribution in [0.3, 0.4) is 0 Å². The molecule has 1 unspecified atom stereocenters. The number of rotatable bonds is 3. The number of hydrogen-bond donors (Lipinski definition) is 1. The average molecular weight is 306 g/mol. The van der Waals surface area contributed by atoms with Crippen LogP contribution in [0.5, 0.6) is 0 Å². The van der Waals surface area contributed by atoms with Gasteiger partial charge in [0.25, 0.3) is 0 Å². The monoisotopic (exact) mass is 305 g/mol. The number of hydrogen-bond acceptors (Lipinski definition) is 2. The van der Waals surface area contributed by atoms with Gasteiger partial charge in [0.15, 0.2) is 0 Å². The van der Waals surface area contributed by atoms with E-state index in [1.165, 1.54) is 13.0 Å². The second-order valence-corrected chi connectivity index (χ2v) is 5.62. The second kappa shape index (κ2) is 4.95. The normalized spacial score (nSPS) is 13.1. The molecule has 0 aliphatic heterocycles. The van der Waals surface area contributed by atoms with Gasteiger partial charge in [-0.25, -0.2) is 12.8 Å². The summed E-state index contributed by atoms with van der Waals surface area (Å²) in [4.78, 5) is -0.0454. The molecule has 1 aromatic carbocycles. The van der Waals surface area contributed by atoms with Gasteiger partial charge in [-0.1, -0.05) is 5.92 Å². The Bertz CT molecular complexity index is 536. The molecule has 0 saturated heterocycles. The first-order valence-corrected chi connectivity index (χ1v) is 6.58. The predicted molar refractivity (Wildman–Crippen MR) is 62.7 cm³/mol. The molecule has 6 heteroatoms. The molecule has 0 spiro atoms. The Balaban J connectivity index is 3.14. The molecular weight excluding hydrogens is 297 g/mol. The Kier molecular flexibility index (Phi) is 4.08. The lowest BCUT2D eigenvalue weighted by Gasteiger charge is -2.10. The molecule has 0 saturated carbocycles. The lowest BCUT2D eigenvalue weighted by molar-refractivity contribution is 0.576. The number of sulfonamides is 1. The van der Waals surface area contributed by atoms with Crippen LogP contribution < -0.4 is 4.72 Å². The second-order valence-electron chi connectivity index (χ2n) is 3.08. The lowest BCUT2D eigenvalue weighted by Crippen LogP contribution is -2.31. The number of nitrogens with one attached hydrogen (secondary N) is 1. The van der Waals surface area contributed by atoms with Crippen molar-refractivity contribution < 1.29 is 12.8 Å². The maximum absolute atomic E-state index is 12.8. The molecule has 0 aliphatic rings. The van der Waals surface area contributed by atoms with Crippen molar-refractivity contribution in [2.24, 2.45) is 0 Å². The molecule has 16 heavy (non-hydrogen) atoms. The highest BCUT2D eigenvalue weighted by atomic mass is 79.9. The fourth-order valence-corrected chi connectivity index (χ4v) is 3.24. The molecule has 1 rings (SSSR count). The van der Waals surface area contributed by atoms with Crippen LogP contribution in [0.4, 0.5) is 4.39 Å². The zero-order chi connectivity index (χ0) is 12.3. The SMILES string of the molecule is C#CC(C)NS(=O)(=O)c1ccc(F)cc1Br. The molecule has 0 aromatic heterocycles. The Hall–Kier alpha value is -0.900. The summed E-state index contributed by atoms with van der Waals surface area (Å²) in [6.07, 6.45) is 5.07. The minimum atomic E-state index is -3.73. The van der Waals surface area contributed by atoms with Gasteiger partial charge in [0, 0.05) is 4.47 Å². The van der Waals surface area contributed by atoms with Gasteiger partial charge in [0.1, 0.15) is 5.82 Å². The summed E-state index contributed by atoms with van der Waals surface area (Å²) in [6.45, 7) is 1.54. The molecule has 86 valence electrons. The highest BCUT2D eigenvalue weighted by Gasteiger charge is 2.19. The van der Waals surface area contributed by atoms with Crippen molar-refractivity contribution in [2.45, 2.75) is 17.9 Å². The largest absolute Gasteiger partial charge is 0.242 e. The van der Waals surface area contributed by atoms with Gasteiger partial charge in [0.05, 0.1) is 10.9 Å². The summed E-state index contributed by atoms with van der Waals surface area (Å²) >= 11 is 2.98. The van der Waals surface area contributed by atoms with Gasteiger partial charge >= 0.3 is 0 Å². The van der Waals surface area contributed by atoms with Crippen LogP contribution in [0.1, 0.15) is 6.92 Å². The van der Waals surface area contributed by atoms with Crippen molar-refractivity contribution in [3.05, 3.63) is 28.5 Å². The minimum Gasteiger partial charge on any atom is -0.207 e. The van der Waals surface area contributed by atoms with Gasteiger partial charge in [-0.05, 0) is 41.1 Å². The molecule has 0 heterocycles. The van der Waals surface area contributed by atoms with Crippen molar-refractivity contribution in [1.82, 2.24) is 4.72 Å². The maximum Gasteiger partial charge on any atom is 0.242 e. The summed E-state index contributed by atoms with van der Waals surface area (Å²) in [5.74, 6) is 1.72. The third kappa shape index (κ3) is 3.04. The predicted octanol–water partition coefficient (Wildman–Crippen LogP) is 1.89. The molecule has 1 atom stereocenters. The molecule has 0 radical (unpaired) electrons. The standard InChI is InChI=1S/C10H9BrFNO2S/c1-3-7(2)13-16(14,15)10-5-4-8(12)6-9(10)11/h1,4-7,13H,2H3. The van der Waals surface area contributed by atoms with E-state index in [1.807, 2.05) is 0 Å².